The number of thiophene rings is 1. The van der Waals surface area contributed by atoms with Gasteiger partial charge in [-0.25, -0.2) is 0 Å². The molecule has 2 aromatic rings. The van der Waals surface area contributed by atoms with Gasteiger partial charge in [-0.15, -0.1) is 11.3 Å². The van der Waals surface area contributed by atoms with E-state index >= 15 is 0 Å². The number of carbonyl (C=O) groups excluding carboxylic acids is 1. The highest BCUT2D eigenvalue weighted by atomic mass is 35.5. The van der Waals surface area contributed by atoms with Gasteiger partial charge in [0.2, 0.25) is 0 Å². The van der Waals surface area contributed by atoms with Gasteiger partial charge in [0.05, 0.1) is 16.3 Å². The van der Waals surface area contributed by atoms with Gasteiger partial charge in [-0.3, -0.25) is 4.79 Å². The fraction of sp³-hybridized carbons (Fsp3) is 0.312. The molecule has 0 saturated heterocycles. The summed E-state index contributed by atoms with van der Waals surface area (Å²) < 4.78 is 0. The maximum absolute atomic E-state index is 12.4. The number of anilines is 1. The molecule has 0 unspecified atom stereocenters. The normalized spacial score (nSPS) is 14.4. The fourth-order valence-electron chi connectivity index (χ4n) is 2.61. The first-order chi connectivity index (χ1) is 9.75. The van der Waals surface area contributed by atoms with E-state index in [1.54, 1.807) is 17.4 Å². The maximum Gasteiger partial charge on any atom is 0.256 e. The van der Waals surface area contributed by atoms with Crippen LogP contribution in [-0.2, 0) is 12.8 Å². The molecule has 1 aromatic carbocycles. The number of fused-ring (bicyclic) bond motifs is 1. The zero-order chi connectivity index (χ0) is 13.9. The first kappa shape index (κ1) is 13.7. The molecule has 0 aliphatic heterocycles. The minimum absolute atomic E-state index is 0.0440. The molecule has 1 N–H and O–H groups in total. The lowest BCUT2D eigenvalue weighted by Crippen LogP contribution is -2.13. The van der Waals surface area contributed by atoms with Crippen molar-refractivity contribution in [1.29, 1.82) is 0 Å². The predicted octanol–water partition coefficient (Wildman–Crippen LogP) is 4.92. The topological polar surface area (TPSA) is 29.1 Å². The van der Waals surface area contributed by atoms with Crippen molar-refractivity contribution >= 4 is 34.5 Å². The summed E-state index contributed by atoms with van der Waals surface area (Å²) in [7, 11) is 0. The Hall–Kier alpha value is -1.32. The summed E-state index contributed by atoms with van der Waals surface area (Å²) in [5, 5.41) is 5.48. The average Bonchev–Trinajstić information content (AvgIpc) is 2.71. The summed E-state index contributed by atoms with van der Waals surface area (Å²) in [4.78, 5) is 13.8. The second-order valence-corrected chi connectivity index (χ2v) is 6.42. The molecule has 4 heteroatoms. The van der Waals surface area contributed by atoms with Crippen LogP contribution in [0.2, 0.25) is 5.02 Å². The molecule has 1 heterocycles. The van der Waals surface area contributed by atoms with E-state index < -0.39 is 0 Å². The van der Waals surface area contributed by atoms with Gasteiger partial charge in [-0.1, -0.05) is 30.2 Å². The van der Waals surface area contributed by atoms with Gasteiger partial charge in [0.15, 0.2) is 0 Å². The largest absolute Gasteiger partial charge is 0.321 e. The van der Waals surface area contributed by atoms with Crippen LogP contribution < -0.4 is 5.32 Å². The van der Waals surface area contributed by atoms with Gasteiger partial charge in [0.25, 0.3) is 5.91 Å². The third kappa shape index (κ3) is 2.74. The molecular weight excluding hydrogens is 290 g/mol. The van der Waals surface area contributed by atoms with Crippen LogP contribution in [0.4, 0.5) is 5.69 Å². The predicted molar refractivity (Wildman–Crippen MR) is 85.0 cm³/mol. The first-order valence-corrected chi connectivity index (χ1v) is 8.16. The van der Waals surface area contributed by atoms with E-state index in [0.717, 1.165) is 18.4 Å². The number of benzene rings is 1. The van der Waals surface area contributed by atoms with E-state index in [1.165, 1.54) is 29.7 Å². The number of nitrogens with one attached hydrogen (secondary N) is 1. The van der Waals surface area contributed by atoms with E-state index in [2.05, 4.69) is 5.32 Å². The highest BCUT2D eigenvalue weighted by Crippen LogP contribution is 2.30. The van der Waals surface area contributed by atoms with Crippen molar-refractivity contribution in [1.82, 2.24) is 0 Å². The Bertz CT molecular complexity index is 635. The quantitative estimate of drug-likeness (QED) is 0.784. The molecule has 1 aromatic heterocycles. The monoisotopic (exact) mass is 305 g/mol. The fourth-order valence-corrected chi connectivity index (χ4v) is 3.92. The van der Waals surface area contributed by atoms with Gasteiger partial charge in [0, 0.05) is 10.3 Å². The Morgan fingerprint density at radius 2 is 1.95 bits per heavy atom. The molecule has 0 atom stereocenters. The van der Waals surface area contributed by atoms with Gasteiger partial charge >= 0.3 is 0 Å². The third-order valence-electron chi connectivity index (χ3n) is 3.68. The number of rotatable bonds is 2. The van der Waals surface area contributed by atoms with Crippen LogP contribution in [0, 0.1) is 0 Å². The Balaban J connectivity index is 1.85. The summed E-state index contributed by atoms with van der Waals surface area (Å²) in [5.41, 5.74) is 2.75. The molecule has 0 fully saturated rings. The van der Waals surface area contributed by atoms with Gasteiger partial charge < -0.3 is 5.32 Å². The first-order valence-electron chi connectivity index (χ1n) is 6.91. The molecule has 3 rings (SSSR count). The van der Waals surface area contributed by atoms with Gasteiger partial charge in [-0.05, 0) is 43.4 Å². The Morgan fingerprint density at radius 1 is 1.15 bits per heavy atom. The van der Waals surface area contributed by atoms with Crippen molar-refractivity contribution < 1.29 is 4.79 Å². The molecule has 1 aliphatic rings. The summed E-state index contributed by atoms with van der Waals surface area (Å²) in [6.45, 7) is 0. The lowest BCUT2D eigenvalue weighted by Gasteiger charge is -2.08. The standard InChI is InChI=1S/C16H16ClNOS/c17-13-7-4-5-8-14(13)18-16(19)12-10-20-15-9-3-1-2-6-11(12)15/h4-5,7-8,10H,1-3,6,9H2,(H,18,19). The maximum atomic E-state index is 12.4. The van der Waals surface area contributed by atoms with E-state index in [-0.39, 0.29) is 5.91 Å². The number of hydrogen-bond donors (Lipinski definition) is 1. The number of hydrogen-bond acceptors (Lipinski definition) is 2. The van der Waals surface area contributed by atoms with Crippen molar-refractivity contribution in [3.8, 4) is 0 Å². The molecule has 104 valence electrons. The van der Waals surface area contributed by atoms with Crippen LogP contribution in [-0.4, -0.2) is 5.91 Å². The van der Waals surface area contributed by atoms with Crippen LogP contribution >= 0.6 is 22.9 Å². The van der Waals surface area contributed by atoms with E-state index in [1.807, 2.05) is 23.6 Å². The zero-order valence-corrected chi connectivity index (χ0v) is 12.7. The van der Waals surface area contributed by atoms with Crippen LogP contribution in [0.5, 0.6) is 0 Å². The van der Waals surface area contributed by atoms with Crippen molar-refractivity contribution in [3.63, 3.8) is 0 Å². The van der Waals surface area contributed by atoms with Crippen molar-refractivity contribution in [3.05, 3.63) is 50.7 Å². The molecule has 0 bridgehead atoms. The molecule has 2 nitrogen and oxygen atoms in total. The van der Waals surface area contributed by atoms with Crippen LogP contribution in [0.25, 0.3) is 0 Å². The Morgan fingerprint density at radius 3 is 2.80 bits per heavy atom. The van der Waals surface area contributed by atoms with Crippen molar-refractivity contribution in [2.24, 2.45) is 0 Å². The summed E-state index contributed by atoms with van der Waals surface area (Å²) in [6, 6.07) is 7.33. The minimum atomic E-state index is -0.0440. The average molecular weight is 306 g/mol. The van der Waals surface area contributed by atoms with Crippen LogP contribution in [0.1, 0.15) is 40.1 Å². The van der Waals surface area contributed by atoms with Crippen LogP contribution in [0.15, 0.2) is 29.6 Å². The van der Waals surface area contributed by atoms with E-state index in [4.69, 9.17) is 11.6 Å². The molecule has 1 aliphatic carbocycles. The molecule has 0 saturated carbocycles. The van der Waals surface area contributed by atoms with E-state index in [9.17, 15) is 4.79 Å². The number of aryl methyl sites for hydroxylation is 1. The lowest BCUT2D eigenvalue weighted by molar-refractivity contribution is 0.102. The highest BCUT2D eigenvalue weighted by Gasteiger charge is 2.19. The molecule has 20 heavy (non-hydrogen) atoms. The number of amides is 1. The Labute approximate surface area is 127 Å². The second-order valence-electron chi connectivity index (χ2n) is 5.05. The molecule has 0 spiro atoms. The lowest BCUT2D eigenvalue weighted by atomic mass is 10.1. The Kier molecular flexibility index (Phi) is 4.08. The smallest absolute Gasteiger partial charge is 0.256 e. The minimum Gasteiger partial charge on any atom is -0.321 e. The second kappa shape index (κ2) is 5.98. The number of para-hydroxylation sites is 1. The van der Waals surface area contributed by atoms with Gasteiger partial charge in [-0.2, -0.15) is 0 Å². The highest BCUT2D eigenvalue weighted by molar-refractivity contribution is 7.10. The summed E-state index contributed by atoms with van der Waals surface area (Å²) in [6.07, 6.45) is 5.80. The van der Waals surface area contributed by atoms with Gasteiger partial charge in [0.1, 0.15) is 0 Å². The molecular formula is C16H16ClNOS. The number of carbonyl (C=O) groups is 1. The van der Waals surface area contributed by atoms with Crippen LogP contribution in [0.3, 0.4) is 0 Å². The number of halogens is 1. The van der Waals surface area contributed by atoms with Crippen molar-refractivity contribution in [2.45, 2.75) is 32.1 Å². The van der Waals surface area contributed by atoms with E-state index in [0.29, 0.717) is 10.7 Å². The van der Waals surface area contributed by atoms with Crippen molar-refractivity contribution in [2.75, 3.05) is 5.32 Å². The third-order valence-corrected chi connectivity index (χ3v) is 5.10. The molecule has 0 radical (unpaired) electrons. The summed E-state index contributed by atoms with van der Waals surface area (Å²) >= 11 is 7.80. The molecule has 1 amide bonds. The SMILES string of the molecule is O=C(Nc1ccccc1Cl)c1csc2c1CCCCC2. The zero-order valence-electron chi connectivity index (χ0n) is 11.1. The summed E-state index contributed by atoms with van der Waals surface area (Å²) in [5.74, 6) is -0.0440.